The Labute approximate surface area is 212 Å². The molecule has 0 spiro atoms. The molecule has 2 N–H and O–H groups in total. The summed E-state index contributed by atoms with van der Waals surface area (Å²) in [5.41, 5.74) is 3.70. The van der Waals surface area contributed by atoms with Crippen molar-refractivity contribution in [3.63, 3.8) is 0 Å². The minimum absolute atomic E-state index is 0.0940. The Hall–Kier alpha value is -4.14. The van der Waals surface area contributed by atoms with Crippen molar-refractivity contribution in [3.8, 4) is 27.4 Å². The second kappa shape index (κ2) is 9.85. The highest BCUT2D eigenvalue weighted by Gasteiger charge is 2.27. The van der Waals surface area contributed by atoms with Crippen molar-refractivity contribution in [1.29, 1.82) is 0 Å². The van der Waals surface area contributed by atoms with Gasteiger partial charge in [-0.2, -0.15) is 0 Å². The highest BCUT2D eigenvalue weighted by atomic mass is 32.2. The van der Waals surface area contributed by atoms with Crippen LogP contribution in [0.25, 0.3) is 21.6 Å². The average Bonchev–Trinajstić information content (AvgIpc) is 3.26. The van der Waals surface area contributed by atoms with Crippen LogP contribution < -0.4 is 9.18 Å². The fourth-order valence-electron chi connectivity index (χ4n) is 4.02. The number of thiazole rings is 1. The number of nitrogens with zero attached hydrogens (tertiary/aromatic N) is 1. The number of hydrogen-bond donors (Lipinski definition) is 2. The summed E-state index contributed by atoms with van der Waals surface area (Å²) in [6.07, 6.45) is 0. The predicted molar refractivity (Wildman–Crippen MR) is 144 cm³/mol. The lowest BCUT2D eigenvalue weighted by Crippen LogP contribution is -2.31. The lowest BCUT2D eigenvalue weighted by atomic mass is 10.0. The van der Waals surface area contributed by atoms with Gasteiger partial charge >= 0.3 is 4.87 Å². The van der Waals surface area contributed by atoms with Crippen LogP contribution in [-0.2, 0) is 16.6 Å². The Balaban J connectivity index is 1.59. The smallest absolute Gasteiger partial charge is 0.307 e. The van der Waals surface area contributed by atoms with Gasteiger partial charge in [0.25, 0.3) is 10.0 Å². The van der Waals surface area contributed by atoms with E-state index in [0.29, 0.717) is 16.1 Å². The third kappa shape index (κ3) is 4.68. The molecule has 0 bridgehead atoms. The second-order valence-electron chi connectivity index (χ2n) is 8.10. The number of aromatic amines is 1. The normalized spacial score (nSPS) is 11.3. The summed E-state index contributed by atoms with van der Waals surface area (Å²) < 4.78 is 29.2. The van der Waals surface area contributed by atoms with Crippen LogP contribution in [-0.4, -0.2) is 18.5 Å². The summed E-state index contributed by atoms with van der Waals surface area (Å²) in [7, 11) is -3.90. The number of para-hydroxylation sites is 1. The van der Waals surface area contributed by atoms with Crippen LogP contribution in [0, 0.1) is 0 Å². The molecule has 0 aliphatic heterocycles. The fraction of sp³-hybridized carbons (Fsp3) is 0.0357. The number of hydrogen-bond acceptors (Lipinski definition) is 5. The molecule has 0 saturated carbocycles. The SMILES string of the molecule is O=c1[nH]c(O)c(-c2ccc(CN(c3ccccc3-c3ccccc3)S(=O)(=O)c3ccccc3)cc2)s1. The van der Waals surface area contributed by atoms with Gasteiger partial charge in [0.05, 0.1) is 22.0 Å². The standard InChI is InChI=1S/C28H22N2O4S2/c31-27-26(35-28(32)29-27)22-17-15-20(16-18-22)19-30(36(33,34)23-11-5-2-6-12-23)25-14-8-7-13-24(25)21-9-3-1-4-10-21/h1-18,31H,19H2,(H,29,32). The van der Waals surface area contributed by atoms with Crippen LogP contribution in [0.2, 0.25) is 0 Å². The lowest BCUT2D eigenvalue weighted by Gasteiger charge is -2.27. The van der Waals surface area contributed by atoms with Gasteiger partial charge in [0, 0.05) is 5.56 Å². The molecule has 36 heavy (non-hydrogen) atoms. The van der Waals surface area contributed by atoms with Crippen molar-refractivity contribution in [2.45, 2.75) is 11.4 Å². The minimum atomic E-state index is -3.90. The first kappa shape index (κ1) is 23.6. The minimum Gasteiger partial charge on any atom is -0.493 e. The zero-order valence-electron chi connectivity index (χ0n) is 19.0. The monoisotopic (exact) mass is 514 g/mol. The molecular formula is C28H22N2O4S2. The number of sulfonamides is 1. The number of anilines is 1. The number of aromatic nitrogens is 1. The third-order valence-electron chi connectivity index (χ3n) is 5.76. The van der Waals surface area contributed by atoms with Gasteiger partial charge in [0.15, 0.2) is 0 Å². The van der Waals surface area contributed by atoms with E-state index in [2.05, 4.69) is 4.98 Å². The summed E-state index contributed by atoms with van der Waals surface area (Å²) in [6.45, 7) is 0.0940. The van der Waals surface area contributed by atoms with Gasteiger partial charge in [0.2, 0.25) is 5.88 Å². The molecule has 1 aromatic heterocycles. The summed E-state index contributed by atoms with van der Waals surface area (Å²) in [5, 5.41) is 9.99. The Morgan fingerprint density at radius 2 is 1.36 bits per heavy atom. The molecule has 0 unspecified atom stereocenters. The zero-order valence-corrected chi connectivity index (χ0v) is 20.7. The molecule has 0 saturated heterocycles. The van der Waals surface area contributed by atoms with E-state index >= 15 is 0 Å². The molecule has 0 fully saturated rings. The van der Waals surface area contributed by atoms with Crippen LogP contribution in [0.1, 0.15) is 5.56 Å². The number of rotatable bonds is 7. The number of benzene rings is 4. The van der Waals surface area contributed by atoms with Gasteiger partial charge in [-0.3, -0.25) is 14.1 Å². The fourth-order valence-corrected chi connectivity index (χ4v) is 6.24. The Kier molecular flexibility index (Phi) is 6.45. The van der Waals surface area contributed by atoms with E-state index in [0.717, 1.165) is 28.0 Å². The largest absolute Gasteiger partial charge is 0.493 e. The highest BCUT2D eigenvalue weighted by molar-refractivity contribution is 7.92. The van der Waals surface area contributed by atoms with Crippen molar-refractivity contribution >= 4 is 27.0 Å². The Bertz CT molecular complexity index is 1640. The molecule has 0 radical (unpaired) electrons. The van der Waals surface area contributed by atoms with Crippen LogP contribution in [0.15, 0.2) is 119 Å². The van der Waals surface area contributed by atoms with Gasteiger partial charge in [-0.05, 0) is 34.9 Å². The second-order valence-corrected chi connectivity index (χ2v) is 10.9. The van der Waals surface area contributed by atoms with E-state index in [4.69, 9.17) is 0 Å². The van der Waals surface area contributed by atoms with Crippen LogP contribution in [0.4, 0.5) is 5.69 Å². The Morgan fingerprint density at radius 3 is 2.00 bits per heavy atom. The first-order chi connectivity index (χ1) is 17.4. The Morgan fingerprint density at radius 1 is 0.750 bits per heavy atom. The van der Waals surface area contributed by atoms with E-state index in [9.17, 15) is 18.3 Å². The van der Waals surface area contributed by atoms with Gasteiger partial charge in [-0.25, -0.2) is 8.42 Å². The summed E-state index contributed by atoms with van der Waals surface area (Å²) in [4.78, 5) is 14.2. The van der Waals surface area contributed by atoms with Crippen molar-refractivity contribution in [2.75, 3.05) is 4.31 Å². The number of nitrogens with one attached hydrogen (secondary N) is 1. The topological polar surface area (TPSA) is 90.5 Å². The first-order valence-electron chi connectivity index (χ1n) is 11.2. The van der Waals surface area contributed by atoms with Crippen LogP contribution >= 0.6 is 11.3 Å². The molecule has 1 heterocycles. The van der Waals surface area contributed by atoms with Gasteiger partial charge in [-0.15, -0.1) is 0 Å². The molecule has 0 amide bonds. The molecule has 5 aromatic rings. The summed E-state index contributed by atoms with van der Waals surface area (Å²) >= 11 is 0.918. The van der Waals surface area contributed by atoms with Crippen molar-refractivity contribution < 1.29 is 13.5 Å². The maximum absolute atomic E-state index is 13.9. The quantitative estimate of drug-likeness (QED) is 0.284. The van der Waals surface area contributed by atoms with Crippen molar-refractivity contribution in [2.24, 2.45) is 0 Å². The van der Waals surface area contributed by atoms with Gasteiger partial charge in [-0.1, -0.05) is 102 Å². The number of aromatic hydroxyl groups is 1. The third-order valence-corrected chi connectivity index (χ3v) is 8.46. The zero-order chi connectivity index (χ0) is 25.1. The van der Waals surface area contributed by atoms with E-state index in [1.54, 1.807) is 54.6 Å². The van der Waals surface area contributed by atoms with E-state index in [1.807, 2.05) is 54.6 Å². The molecule has 0 atom stereocenters. The predicted octanol–water partition coefficient (Wildman–Crippen LogP) is 5.87. The highest BCUT2D eigenvalue weighted by Crippen LogP contribution is 2.36. The maximum Gasteiger partial charge on any atom is 0.307 e. The van der Waals surface area contributed by atoms with E-state index < -0.39 is 10.0 Å². The lowest BCUT2D eigenvalue weighted by molar-refractivity contribution is 0.458. The summed E-state index contributed by atoms with van der Waals surface area (Å²) in [6, 6.07) is 32.6. The molecule has 0 aliphatic rings. The van der Waals surface area contributed by atoms with Crippen LogP contribution in [0.3, 0.4) is 0 Å². The molecular weight excluding hydrogens is 492 g/mol. The van der Waals surface area contributed by atoms with E-state index in [-0.39, 0.29) is 22.2 Å². The number of H-pyrrole nitrogens is 1. The van der Waals surface area contributed by atoms with Crippen LogP contribution in [0.5, 0.6) is 5.88 Å². The molecule has 4 aromatic carbocycles. The molecule has 8 heteroatoms. The van der Waals surface area contributed by atoms with Gasteiger partial charge in [0.1, 0.15) is 0 Å². The van der Waals surface area contributed by atoms with Crippen molar-refractivity contribution in [1.82, 2.24) is 4.98 Å². The molecule has 5 rings (SSSR count). The molecule has 6 nitrogen and oxygen atoms in total. The van der Waals surface area contributed by atoms with Gasteiger partial charge < -0.3 is 5.11 Å². The average molecular weight is 515 g/mol. The maximum atomic E-state index is 13.9. The first-order valence-corrected chi connectivity index (χ1v) is 13.4. The molecule has 180 valence electrons. The molecule has 0 aliphatic carbocycles. The summed E-state index contributed by atoms with van der Waals surface area (Å²) in [5.74, 6) is -0.178. The van der Waals surface area contributed by atoms with E-state index in [1.165, 1.54) is 4.31 Å². The van der Waals surface area contributed by atoms with Crippen molar-refractivity contribution in [3.05, 3.63) is 124 Å².